The number of furan rings is 1. The van der Waals surface area contributed by atoms with Crippen molar-refractivity contribution in [3.8, 4) is 11.3 Å². The SMILES string of the molecule is CC(=O)N1CCC(c2c(-c3ccc(F)cc3)oc3cc(F)ccc23)CC1. The highest BCUT2D eigenvalue weighted by molar-refractivity contribution is 5.88. The Morgan fingerprint density at radius 2 is 1.69 bits per heavy atom. The van der Waals surface area contributed by atoms with Gasteiger partial charge in [0.15, 0.2) is 0 Å². The zero-order chi connectivity index (χ0) is 18.3. The molecule has 3 aromatic rings. The number of carbonyl (C=O) groups excluding carboxylic acids is 1. The zero-order valence-electron chi connectivity index (χ0n) is 14.5. The summed E-state index contributed by atoms with van der Waals surface area (Å²) >= 11 is 0. The summed E-state index contributed by atoms with van der Waals surface area (Å²) in [6, 6.07) is 10.7. The van der Waals surface area contributed by atoms with E-state index in [4.69, 9.17) is 4.42 Å². The predicted molar refractivity (Wildman–Crippen MR) is 95.8 cm³/mol. The van der Waals surface area contributed by atoms with Crippen LogP contribution in [0.1, 0.15) is 31.2 Å². The summed E-state index contributed by atoms with van der Waals surface area (Å²) in [7, 11) is 0. The lowest BCUT2D eigenvalue weighted by Gasteiger charge is -2.31. The second kappa shape index (κ2) is 6.56. The second-order valence-electron chi connectivity index (χ2n) is 6.77. The highest BCUT2D eigenvalue weighted by atomic mass is 19.1. The molecule has 0 N–H and O–H groups in total. The Kier molecular flexibility index (Phi) is 4.23. The van der Waals surface area contributed by atoms with Crippen molar-refractivity contribution in [1.82, 2.24) is 4.90 Å². The van der Waals surface area contributed by atoms with E-state index in [1.165, 1.54) is 24.3 Å². The molecule has 1 aliphatic rings. The van der Waals surface area contributed by atoms with Crippen molar-refractivity contribution in [3.63, 3.8) is 0 Å². The molecule has 1 amide bonds. The lowest BCUT2D eigenvalue weighted by Crippen LogP contribution is -2.36. The topological polar surface area (TPSA) is 33.5 Å². The van der Waals surface area contributed by atoms with E-state index < -0.39 is 0 Å². The van der Waals surface area contributed by atoms with Gasteiger partial charge in [-0.1, -0.05) is 0 Å². The van der Waals surface area contributed by atoms with Gasteiger partial charge in [-0.2, -0.15) is 0 Å². The number of nitrogens with zero attached hydrogens (tertiary/aromatic N) is 1. The molecule has 134 valence electrons. The normalized spacial score (nSPS) is 15.6. The van der Waals surface area contributed by atoms with Crippen LogP contribution in [0.5, 0.6) is 0 Å². The van der Waals surface area contributed by atoms with Crippen LogP contribution in [0.15, 0.2) is 46.9 Å². The van der Waals surface area contributed by atoms with Gasteiger partial charge < -0.3 is 9.32 Å². The van der Waals surface area contributed by atoms with Crippen molar-refractivity contribution in [2.45, 2.75) is 25.7 Å². The molecule has 0 radical (unpaired) electrons. The highest BCUT2D eigenvalue weighted by Gasteiger charge is 2.28. The van der Waals surface area contributed by atoms with Crippen molar-refractivity contribution in [2.24, 2.45) is 0 Å². The molecule has 1 aromatic heterocycles. The number of likely N-dealkylation sites (tertiary alicyclic amines) is 1. The first kappa shape index (κ1) is 16.8. The van der Waals surface area contributed by atoms with Gasteiger partial charge in [0.1, 0.15) is 23.0 Å². The van der Waals surface area contributed by atoms with Crippen molar-refractivity contribution in [3.05, 3.63) is 59.7 Å². The third-order valence-electron chi connectivity index (χ3n) is 5.15. The Balaban J connectivity index is 1.80. The maximum Gasteiger partial charge on any atom is 0.219 e. The van der Waals surface area contributed by atoms with E-state index >= 15 is 0 Å². The number of rotatable bonds is 2. The number of benzene rings is 2. The fraction of sp³-hybridized carbons (Fsp3) is 0.286. The molecule has 0 saturated carbocycles. The minimum absolute atomic E-state index is 0.0846. The lowest BCUT2D eigenvalue weighted by molar-refractivity contribution is -0.129. The van der Waals surface area contributed by atoms with Gasteiger partial charge in [-0.3, -0.25) is 4.79 Å². The van der Waals surface area contributed by atoms with Gasteiger partial charge in [0.2, 0.25) is 5.91 Å². The molecular weight excluding hydrogens is 336 g/mol. The van der Waals surface area contributed by atoms with E-state index in [0.29, 0.717) is 24.4 Å². The Morgan fingerprint density at radius 3 is 2.35 bits per heavy atom. The van der Waals surface area contributed by atoms with Gasteiger partial charge in [0.25, 0.3) is 0 Å². The van der Waals surface area contributed by atoms with Crippen molar-refractivity contribution >= 4 is 16.9 Å². The molecule has 2 aromatic carbocycles. The fourth-order valence-electron chi connectivity index (χ4n) is 3.79. The standard InChI is InChI=1S/C21H19F2NO2/c1-13(25)24-10-8-14(9-11-24)20-18-7-6-17(23)12-19(18)26-21(20)15-2-4-16(22)5-3-15/h2-7,12,14H,8-11H2,1H3. The van der Waals surface area contributed by atoms with E-state index in [1.54, 1.807) is 25.1 Å². The van der Waals surface area contributed by atoms with Gasteiger partial charge >= 0.3 is 0 Å². The average Bonchev–Trinajstić information content (AvgIpc) is 3.00. The number of hydrogen-bond donors (Lipinski definition) is 0. The number of halogens is 2. The van der Waals surface area contributed by atoms with E-state index in [-0.39, 0.29) is 23.5 Å². The van der Waals surface area contributed by atoms with E-state index in [9.17, 15) is 13.6 Å². The third-order valence-corrected chi connectivity index (χ3v) is 5.15. The summed E-state index contributed by atoms with van der Waals surface area (Å²) in [5.41, 5.74) is 2.29. The molecule has 5 heteroatoms. The van der Waals surface area contributed by atoms with Gasteiger partial charge in [-0.25, -0.2) is 8.78 Å². The molecular formula is C21H19F2NO2. The van der Waals surface area contributed by atoms with Crippen LogP contribution in [0.25, 0.3) is 22.3 Å². The molecule has 0 unspecified atom stereocenters. The van der Waals surface area contributed by atoms with Crippen LogP contribution in [-0.4, -0.2) is 23.9 Å². The maximum atomic E-state index is 13.7. The summed E-state index contributed by atoms with van der Waals surface area (Å²) < 4.78 is 33.0. The molecule has 0 spiro atoms. The molecule has 26 heavy (non-hydrogen) atoms. The summed E-state index contributed by atoms with van der Waals surface area (Å²) in [5.74, 6) is 0.285. The van der Waals surface area contributed by atoms with Gasteiger partial charge in [-0.15, -0.1) is 0 Å². The summed E-state index contributed by atoms with van der Waals surface area (Å²) in [6.45, 7) is 2.97. The largest absolute Gasteiger partial charge is 0.456 e. The first-order valence-electron chi connectivity index (χ1n) is 8.76. The second-order valence-corrected chi connectivity index (χ2v) is 6.77. The van der Waals surface area contributed by atoms with Gasteiger partial charge in [-0.05, 0) is 55.2 Å². The van der Waals surface area contributed by atoms with Crippen molar-refractivity contribution in [1.29, 1.82) is 0 Å². The van der Waals surface area contributed by atoms with Crippen LogP contribution in [0.4, 0.5) is 8.78 Å². The summed E-state index contributed by atoms with van der Waals surface area (Å²) in [4.78, 5) is 13.4. The van der Waals surface area contributed by atoms with E-state index in [1.807, 2.05) is 4.90 Å². The molecule has 1 saturated heterocycles. The van der Waals surface area contributed by atoms with Crippen LogP contribution < -0.4 is 0 Å². The first-order valence-corrected chi connectivity index (χ1v) is 8.76. The van der Waals surface area contributed by atoms with Gasteiger partial charge in [0, 0.05) is 42.6 Å². The predicted octanol–water partition coefficient (Wildman–Crippen LogP) is 5.10. The Morgan fingerprint density at radius 1 is 1.04 bits per heavy atom. The molecule has 1 aliphatic heterocycles. The first-order chi connectivity index (χ1) is 12.5. The minimum Gasteiger partial charge on any atom is -0.456 e. The van der Waals surface area contributed by atoms with Crippen LogP contribution in [0, 0.1) is 11.6 Å². The molecule has 4 rings (SSSR count). The Labute approximate surface area is 150 Å². The van der Waals surface area contributed by atoms with E-state index in [0.717, 1.165) is 29.4 Å². The quantitative estimate of drug-likeness (QED) is 0.640. The average molecular weight is 355 g/mol. The maximum absolute atomic E-state index is 13.7. The van der Waals surface area contributed by atoms with Crippen LogP contribution in [0.2, 0.25) is 0 Å². The molecule has 2 heterocycles. The van der Waals surface area contributed by atoms with Crippen LogP contribution >= 0.6 is 0 Å². The number of amides is 1. The lowest BCUT2D eigenvalue weighted by atomic mass is 9.86. The highest BCUT2D eigenvalue weighted by Crippen LogP contribution is 2.42. The zero-order valence-corrected chi connectivity index (χ0v) is 14.5. The third kappa shape index (κ3) is 2.98. The summed E-state index contributed by atoms with van der Waals surface area (Å²) in [6.07, 6.45) is 1.64. The molecule has 1 fully saturated rings. The number of carbonyl (C=O) groups is 1. The van der Waals surface area contributed by atoms with Crippen LogP contribution in [0.3, 0.4) is 0 Å². The molecule has 0 aliphatic carbocycles. The smallest absolute Gasteiger partial charge is 0.219 e. The fourth-order valence-corrected chi connectivity index (χ4v) is 3.79. The summed E-state index contributed by atoms with van der Waals surface area (Å²) in [5, 5.41) is 0.881. The molecule has 3 nitrogen and oxygen atoms in total. The minimum atomic E-state index is -0.352. The van der Waals surface area contributed by atoms with Crippen molar-refractivity contribution < 1.29 is 18.0 Å². The number of piperidine rings is 1. The Hall–Kier alpha value is -2.69. The van der Waals surface area contributed by atoms with E-state index in [2.05, 4.69) is 0 Å². The van der Waals surface area contributed by atoms with Gasteiger partial charge in [0.05, 0.1) is 0 Å². The molecule has 0 atom stereocenters. The Bertz CT molecular complexity index is 954. The van der Waals surface area contributed by atoms with Crippen molar-refractivity contribution in [2.75, 3.05) is 13.1 Å². The number of fused-ring (bicyclic) bond motifs is 1. The number of hydrogen-bond acceptors (Lipinski definition) is 2. The van der Waals surface area contributed by atoms with Crippen LogP contribution in [-0.2, 0) is 4.79 Å². The monoisotopic (exact) mass is 355 g/mol. The molecule has 0 bridgehead atoms.